The number of carbonyl (C=O) groups is 1. The van der Waals surface area contributed by atoms with Crippen LogP contribution in [0.4, 0.5) is 0 Å². The summed E-state index contributed by atoms with van der Waals surface area (Å²) in [5.74, 6) is 1.55. The standard InChI is InChI=1S/C17H13NO4/c18-10-13-1-5-14(6-2-13)22-17(19)8-4-12-3-7-15-16(9-12)21-11-20-15/h1-3,5-7,9H,4,8,11H2. The first-order valence-corrected chi connectivity index (χ1v) is 6.84. The van der Waals surface area contributed by atoms with Gasteiger partial charge in [-0.2, -0.15) is 5.26 Å². The number of nitriles is 1. The number of carbonyl (C=O) groups excluding carboxylic acids is 1. The summed E-state index contributed by atoms with van der Waals surface area (Å²) in [5, 5.41) is 8.71. The molecule has 5 heteroatoms. The van der Waals surface area contributed by atoms with Crippen LogP contribution in [0.25, 0.3) is 0 Å². The highest BCUT2D eigenvalue weighted by Gasteiger charge is 2.14. The van der Waals surface area contributed by atoms with E-state index in [2.05, 4.69) is 0 Å². The van der Waals surface area contributed by atoms with Crippen LogP contribution in [0.5, 0.6) is 17.2 Å². The lowest BCUT2D eigenvalue weighted by Crippen LogP contribution is -2.09. The molecule has 0 N–H and O–H groups in total. The van der Waals surface area contributed by atoms with Crippen LogP contribution in [0.3, 0.4) is 0 Å². The Morgan fingerprint density at radius 2 is 1.91 bits per heavy atom. The van der Waals surface area contributed by atoms with Gasteiger partial charge in [-0.3, -0.25) is 4.79 Å². The largest absolute Gasteiger partial charge is 0.454 e. The predicted molar refractivity (Wildman–Crippen MR) is 77.7 cm³/mol. The van der Waals surface area contributed by atoms with Gasteiger partial charge in [-0.05, 0) is 48.4 Å². The lowest BCUT2D eigenvalue weighted by atomic mass is 10.1. The van der Waals surface area contributed by atoms with E-state index in [1.807, 2.05) is 24.3 Å². The zero-order valence-electron chi connectivity index (χ0n) is 11.7. The van der Waals surface area contributed by atoms with Gasteiger partial charge in [0, 0.05) is 6.42 Å². The van der Waals surface area contributed by atoms with Gasteiger partial charge in [-0.15, -0.1) is 0 Å². The molecule has 0 aliphatic carbocycles. The molecule has 1 aliphatic rings. The highest BCUT2D eigenvalue weighted by atomic mass is 16.7. The summed E-state index contributed by atoms with van der Waals surface area (Å²) in [4.78, 5) is 11.8. The van der Waals surface area contributed by atoms with E-state index in [4.69, 9.17) is 19.5 Å². The van der Waals surface area contributed by atoms with Crippen molar-refractivity contribution in [2.45, 2.75) is 12.8 Å². The molecule has 0 spiro atoms. The lowest BCUT2D eigenvalue weighted by Gasteiger charge is -2.05. The summed E-state index contributed by atoms with van der Waals surface area (Å²) >= 11 is 0. The van der Waals surface area contributed by atoms with E-state index in [0.29, 0.717) is 23.5 Å². The molecule has 0 radical (unpaired) electrons. The second-order valence-electron chi connectivity index (χ2n) is 4.80. The Morgan fingerprint density at radius 1 is 1.14 bits per heavy atom. The first-order chi connectivity index (χ1) is 10.7. The minimum Gasteiger partial charge on any atom is -0.454 e. The number of hydrogen-bond donors (Lipinski definition) is 0. The molecule has 1 heterocycles. The molecule has 0 bridgehead atoms. The van der Waals surface area contributed by atoms with E-state index in [9.17, 15) is 4.79 Å². The fraction of sp³-hybridized carbons (Fsp3) is 0.176. The predicted octanol–water partition coefficient (Wildman–Crippen LogP) is 2.83. The van der Waals surface area contributed by atoms with Crippen molar-refractivity contribution < 1.29 is 19.0 Å². The Morgan fingerprint density at radius 3 is 2.68 bits per heavy atom. The van der Waals surface area contributed by atoms with Gasteiger partial charge < -0.3 is 14.2 Å². The number of hydrogen-bond acceptors (Lipinski definition) is 5. The van der Waals surface area contributed by atoms with Gasteiger partial charge in [0.15, 0.2) is 11.5 Å². The molecule has 2 aromatic carbocycles. The van der Waals surface area contributed by atoms with Crippen LogP contribution in [-0.4, -0.2) is 12.8 Å². The van der Waals surface area contributed by atoms with Crippen molar-refractivity contribution in [1.82, 2.24) is 0 Å². The molecule has 2 aromatic rings. The van der Waals surface area contributed by atoms with Gasteiger partial charge in [0.25, 0.3) is 0 Å². The second-order valence-corrected chi connectivity index (χ2v) is 4.80. The maximum Gasteiger partial charge on any atom is 0.311 e. The lowest BCUT2D eigenvalue weighted by molar-refractivity contribution is -0.134. The van der Waals surface area contributed by atoms with Crippen molar-refractivity contribution in [1.29, 1.82) is 5.26 Å². The van der Waals surface area contributed by atoms with Crippen molar-refractivity contribution in [2.24, 2.45) is 0 Å². The smallest absolute Gasteiger partial charge is 0.311 e. The first-order valence-electron chi connectivity index (χ1n) is 6.84. The maximum atomic E-state index is 11.8. The molecule has 0 unspecified atom stereocenters. The van der Waals surface area contributed by atoms with Crippen molar-refractivity contribution in [3.63, 3.8) is 0 Å². The minimum atomic E-state index is -0.317. The van der Waals surface area contributed by atoms with Crippen LogP contribution in [0.1, 0.15) is 17.5 Å². The third-order valence-electron chi connectivity index (χ3n) is 3.27. The molecule has 0 saturated heterocycles. The van der Waals surface area contributed by atoms with Crippen molar-refractivity contribution in [2.75, 3.05) is 6.79 Å². The molecule has 0 saturated carbocycles. The van der Waals surface area contributed by atoms with Crippen LogP contribution in [0.15, 0.2) is 42.5 Å². The first kappa shape index (κ1) is 14.0. The van der Waals surface area contributed by atoms with Crippen molar-refractivity contribution in [3.8, 4) is 23.3 Å². The zero-order valence-corrected chi connectivity index (χ0v) is 11.7. The topological polar surface area (TPSA) is 68.5 Å². The second kappa shape index (κ2) is 6.19. The molecule has 22 heavy (non-hydrogen) atoms. The Bertz CT molecular complexity index is 731. The van der Waals surface area contributed by atoms with Crippen LogP contribution in [0, 0.1) is 11.3 Å². The number of fused-ring (bicyclic) bond motifs is 1. The number of esters is 1. The molecular weight excluding hydrogens is 282 g/mol. The molecule has 110 valence electrons. The van der Waals surface area contributed by atoms with Gasteiger partial charge in [0.2, 0.25) is 6.79 Å². The Hall–Kier alpha value is -3.00. The average molecular weight is 295 g/mol. The van der Waals surface area contributed by atoms with Gasteiger partial charge >= 0.3 is 5.97 Å². The normalized spacial score (nSPS) is 11.8. The molecule has 0 atom stereocenters. The Kier molecular flexibility index (Phi) is 3.92. The summed E-state index contributed by atoms with van der Waals surface area (Å²) in [5.41, 5.74) is 1.51. The summed E-state index contributed by atoms with van der Waals surface area (Å²) in [6, 6.07) is 14.1. The van der Waals surface area contributed by atoms with Crippen molar-refractivity contribution >= 4 is 5.97 Å². The number of benzene rings is 2. The van der Waals surface area contributed by atoms with E-state index in [0.717, 1.165) is 11.3 Å². The molecule has 1 aliphatic heterocycles. The molecule has 0 fully saturated rings. The highest BCUT2D eigenvalue weighted by Crippen LogP contribution is 2.32. The van der Waals surface area contributed by atoms with Crippen LogP contribution < -0.4 is 14.2 Å². The molecule has 5 nitrogen and oxygen atoms in total. The molecular formula is C17H13NO4. The highest BCUT2D eigenvalue weighted by molar-refractivity contribution is 5.72. The van der Waals surface area contributed by atoms with E-state index in [1.54, 1.807) is 24.3 Å². The average Bonchev–Trinajstić information content (AvgIpc) is 3.01. The van der Waals surface area contributed by atoms with Crippen LogP contribution in [-0.2, 0) is 11.2 Å². The fourth-order valence-electron chi connectivity index (χ4n) is 2.12. The molecule has 3 rings (SSSR count). The third-order valence-corrected chi connectivity index (χ3v) is 3.27. The molecule has 0 aromatic heterocycles. The van der Waals surface area contributed by atoms with Crippen molar-refractivity contribution in [3.05, 3.63) is 53.6 Å². The van der Waals surface area contributed by atoms with E-state index >= 15 is 0 Å². The van der Waals surface area contributed by atoms with E-state index in [1.165, 1.54) is 0 Å². The van der Waals surface area contributed by atoms with Gasteiger partial charge in [0.05, 0.1) is 11.6 Å². The zero-order chi connectivity index (χ0) is 15.4. The molecule has 0 amide bonds. The number of aryl methyl sites for hydroxylation is 1. The monoisotopic (exact) mass is 295 g/mol. The summed E-state index contributed by atoms with van der Waals surface area (Å²) in [7, 11) is 0. The van der Waals surface area contributed by atoms with Gasteiger partial charge in [0.1, 0.15) is 5.75 Å². The summed E-state index contributed by atoms with van der Waals surface area (Å²) < 4.78 is 15.8. The van der Waals surface area contributed by atoms with Gasteiger partial charge in [-0.25, -0.2) is 0 Å². The SMILES string of the molecule is N#Cc1ccc(OC(=O)CCc2ccc3c(c2)OCO3)cc1. The summed E-state index contributed by atoms with van der Waals surface area (Å²) in [6.45, 7) is 0.236. The van der Waals surface area contributed by atoms with Gasteiger partial charge in [-0.1, -0.05) is 6.07 Å². The van der Waals surface area contributed by atoms with Crippen LogP contribution >= 0.6 is 0 Å². The minimum absolute atomic E-state index is 0.236. The van der Waals surface area contributed by atoms with E-state index in [-0.39, 0.29) is 19.2 Å². The van der Waals surface area contributed by atoms with E-state index < -0.39 is 0 Å². The number of ether oxygens (including phenoxy) is 3. The number of nitrogens with zero attached hydrogens (tertiary/aromatic N) is 1. The fourth-order valence-corrected chi connectivity index (χ4v) is 2.12. The quantitative estimate of drug-likeness (QED) is 0.641. The Labute approximate surface area is 127 Å². The summed E-state index contributed by atoms with van der Waals surface area (Å²) in [6.07, 6.45) is 0.825. The Balaban J connectivity index is 1.54. The maximum absolute atomic E-state index is 11.8. The van der Waals surface area contributed by atoms with Crippen LogP contribution in [0.2, 0.25) is 0 Å². The third kappa shape index (κ3) is 3.18. The number of rotatable bonds is 4.